The number of nitrogens with zero attached hydrogens (tertiary/aromatic N) is 2. The van der Waals surface area contributed by atoms with Gasteiger partial charge in [-0.15, -0.1) is 0 Å². The SMILES string of the molecule is COc1ccc(N=C2SC(C(=O)Nc3ccc(C(=O)O)cc3)CC(=O)N2C)cc1Cl. The van der Waals surface area contributed by atoms with Crippen molar-refractivity contribution in [2.24, 2.45) is 4.99 Å². The standard InChI is InChI=1S/C20H18ClN3O5S/c1-24-17(25)10-16(18(26)22-12-5-3-11(4-6-12)19(27)28)30-20(24)23-13-7-8-15(29-2)14(21)9-13/h3-9,16H,10H2,1-2H3,(H,22,26)(H,27,28). The minimum Gasteiger partial charge on any atom is -0.495 e. The number of nitrogens with one attached hydrogen (secondary N) is 1. The number of hydrogen-bond acceptors (Lipinski definition) is 6. The number of thioether (sulfide) groups is 1. The summed E-state index contributed by atoms with van der Waals surface area (Å²) in [4.78, 5) is 41.8. The number of aromatic carboxylic acids is 1. The van der Waals surface area contributed by atoms with Gasteiger partial charge < -0.3 is 15.2 Å². The Labute approximate surface area is 181 Å². The Kier molecular flexibility index (Phi) is 6.63. The van der Waals surface area contributed by atoms with Crippen molar-refractivity contribution in [2.45, 2.75) is 11.7 Å². The number of carbonyl (C=O) groups is 3. The molecule has 0 aliphatic carbocycles. The monoisotopic (exact) mass is 447 g/mol. The molecule has 3 rings (SSSR count). The molecular weight excluding hydrogens is 430 g/mol. The molecule has 2 aromatic rings. The summed E-state index contributed by atoms with van der Waals surface area (Å²) in [5, 5.41) is 11.7. The maximum Gasteiger partial charge on any atom is 0.335 e. The minimum atomic E-state index is -1.05. The van der Waals surface area contributed by atoms with E-state index in [1.54, 1.807) is 25.2 Å². The maximum atomic E-state index is 12.7. The van der Waals surface area contributed by atoms with Gasteiger partial charge >= 0.3 is 5.97 Å². The van der Waals surface area contributed by atoms with E-state index in [0.29, 0.717) is 27.3 Å². The van der Waals surface area contributed by atoms with Crippen molar-refractivity contribution in [3.05, 3.63) is 53.1 Å². The number of carboxylic acid groups (broad SMARTS) is 1. The predicted octanol–water partition coefficient (Wildman–Crippen LogP) is 3.64. The molecule has 10 heteroatoms. The van der Waals surface area contributed by atoms with Gasteiger partial charge in [0.25, 0.3) is 0 Å². The smallest absolute Gasteiger partial charge is 0.335 e. The van der Waals surface area contributed by atoms with E-state index in [1.807, 2.05) is 0 Å². The van der Waals surface area contributed by atoms with Crippen LogP contribution in [0, 0.1) is 0 Å². The lowest BCUT2D eigenvalue weighted by molar-refractivity contribution is -0.128. The Bertz CT molecular complexity index is 1030. The minimum absolute atomic E-state index is 0.0165. The van der Waals surface area contributed by atoms with Gasteiger partial charge in [-0.05, 0) is 42.5 Å². The van der Waals surface area contributed by atoms with Crippen LogP contribution in [0.4, 0.5) is 11.4 Å². The summed E-state index contributed by atoms with van der Waals surface area (Å²) in [6.45, 7) is 0. The number of methoxy groups -OCH3 is 1. The molecule has 1 aliphatic heterocycles. The number of benzene rings is 2. The molecular formula is C20H18ClN3O5S. The van der Waals surface area contributed by atoms with Gasteiger partial charge in [0.15, 0.2) is 5.17 Å². The topological polar surface area (TPSA) is 108 Å². The van der Waals surface area contributed by atoms with Crippen LogP contribution in [0.2, 0.25) is 5.02 Å². The average Bonchev–Trinajstić information content (AvgIpc) is 2.71. The van der Waals surface area contributed by atoms with Gasteiger partial charge in [-0.25, -0.2) is 9.79 Å². The van der Waals surface area contributed by atoms with Crippen molar-refractivity contribution in [1.29, 1.82) is 0 Å². The number of aliphatic imine (C=N–C) groups is 1. The molecule has 156 valence electrons. The summed E-state index contributed by atoms with van der Waals surface area (Å²) < 4.78 is 5.12. The number of hydrogen-bond donors (Lipinski definition) is 2. The van der Waals surface area contributed by atoms with Crippen LogP contribution in [0.5, 0.6) is 5.75 Å². The summed E-state index contributed by atoms with van der Waals surface area (Å²) >= 11 is 7.29. The molecule has 1 saturated heterocycles. The third kappa shape index (κ3) is 4.92. The van der Waals surface area contributed by atoms with Crippen molar-refractivity contribution < 1.29 is 24.2 Å². The molecule has 0 aromatic heterocycles. The lowest BCUT2D eigenvalue weighted by atomic mass is 10.2. The van der Waals surface area contributed by atoms with E-state index < -0.39 is 11.2 Å². The number of ether oxygens (including phenoxy) is 1. The summed E-state index contributed by atoms with van der Waals surface area (Å²) in [6.07, 6.45) is 0.0165. The van der Waals surface area contributed by atoms with Crippen LogP contribution in [-0.4, -0.2) is 52.4 Å². The van der Waals surface area contributed by atoms with E-state index >= 15 is 0 Å². The van der Waals surface area contributed by atoms with E-state index in [0.717, 1.165) is 11.8 Å². The van der Waals surface area contributed by atoms with E-state index in [1.165, 1.54) is 36.3 Å². The number of halogens is 1. The predicted molar refractivity (Wildman–Crippen MR) is 116 cm³/mol. The lowest BCUT2D eigenvalue weighted by Crippen LogP contribution is -2.43. The highest BCUT2D eigenvalue weighted by atomic mass is 35.5. The third-order valence-corrected chi connectivity index (χ3v) is 5.86. The number of amidine groups is 1. The first-order chi connectivity index (χ1) is 14.3. The molecule has 2 aromatic carbocycles. The number of rotatable bonds is 5. The van der Waals surface area contributed by atoms with Crippen LogP contribution in [-0.2, 0) is 9.59 Å². The van der Waals surface area contributed by atoms with Gasteiger partial charge in [-0.3, -0.25) is 14.5 Å². The fraction of sp³-hybridized carbons (Fsp3) is 0.200. The zero-order valence-electron chi connectivity index (χ0n) is 16.1. The van der Waals surface area contributed by atoms with Crippen molar-refractivity contribution in [3.8, 4) is 5.75 Å². The van der Waals surface area contributed by atoms with E-state index in [4.69, 9.17) is 21.4 Å². The second kappa shape index (κ2) is 9.19. The number of amides is 2. The summed E-state index contributed by atoms with van der Waals surface area (Å²) in [5.74, 6) is -1.16. The van der Waals surface area contributed by atoms with E-state index in [2.05, 4.69) is 10.3 Å². The normalized spacial score (nSPS) is 17.7. The largest absolute Gasteiger partial charge is 0.495 e. The van der Waals surface area contributed by atoms with Crippen LogP contribution in [0.3, 0.4) is 0 Å². The van der Waals surface area contributed by atoms with Crippen LogP contribution < -0.4 is 10.1 Å². The molecule has 1 fully saturated rings. The Balaban J connectivity index is 1.76. The van der Waals surface area contributed by atoms with Crippen molar-refractivity contribution >= 4 is 57.7 Å². The molecule has 30 heavy (non-hydrogen) atoms. The molecule has 2 N–H and O–H groups in total. The lowest BCUT2D eigenvalue weighted by Gasteiger charge is -2.28. The average molecular weight is 448 g/mol. The van der Waals surface area contributed by atoms with Crippen LogP contribution in [0.15, 0.2) is 47.5 Å². The summed E-state index contributed by atoms with van der Waals surface area (Å²) in [7, 11) is 3.10. The fourth-order valence-corrected chi connectivity index (χ4v) is 3.97. The zero-order valence-corrected chi connectivity index (χ0v) is 17.7. The first-order valence-electron chi connectivity index (χ1n) is 8.78. The van der Waals surface area contributed by atoms with Gasteiger partial charge in [0.1, 0.15) is 11.0 Å². The first kappa shape index (κ1) is 21.7. The van der Waals surface area contributed by atoms with Crippen molar-refractivity contribution in [2.75, 3.05) is 19.5 Å². The highest BCUT2D eigenvalue weighted by Crippen LogP contribution is 2.32. The zero-order chi connectivity index (χ0) is 21.8. The van der Waals surface area contributed by atoms with Gasteiger partial charge in [0.05, 0.1) is 23.4 Å². The van der Waals surface area contributed by atoms with Gasteiger partial charge in [-0.2, -0.15) is 0 Å². The number of carbonyl (C=O) groups excluding carboxylic acids is 2. The maximum absolute atomic E-state index is 12.7. The fourth-order valence-electron chi connectivity index (χ4n) is 2.65. The summed E-state index contributed by atoms with van der Waals surface area (Å²) in [5.41, 5.74) is 1.08. The second-order valence-electron chi connectivity index (χ2n) is 6.35. The molecule has 1 unspecified atom stereocenters. The molecule has 2 amide bonds. The Hall–Kier alpha value is -3.04. The quantitative estimate of drug-likeness (QED) is 0.724. The van der Waals surface area contributed by atoms with E-state index in [-0.39, 0.29) is 23.8 Å². The molecule has 0 spiro atoms. The molecule has 8 nitrogen and oxygen atoms in total. The van der Waals surface area contributed by atoms with Crippen LogP contribution in [0.25, 0.3) is 0 Å². The molecule has 1 heterocycles. The Morgan fingerprint density at radius 2 is 1.97 bits per heavy atom. The molecule has 1 aliphatic rings. The van der Waals surface area contributed by atoms with Gasteiger partial charge in [0.2, 0.25) is 11.8 Å². The molecule has 1 atom stereocenters. The van der Waals surface area contributed by atoms with Crippen LogP contribution >= 0.6 is 23.4 Å². The second-order valence-corrected chi connectivity index (χ2v) is 7.93. The first-order valence-corrected chi connectivity index (χ1v) is 10.0. The highest BCUT2D eigenvalue weighted by molar-refractivity contribution is 8.15. The van der Waals surface area contributed by atoms with Crippen molar-refractivity contribution in [3.63, 3.8) is 0 Å². The van der Waals surface area contributed by atoms with Crippen LogP contribution in [0.1, 0.15) is 16.8 Å². The third-order valence-electron chi connectivity index (χ3n) is 4.32. The number of carboxylic acids is 1. The highest BCUT2D eigenvalue weighted by Gasteiger charge is 2.34. The molecule has 0 bridgehead atoms. The van der Waals surface area contributed by atoms with Gasteiger partial charge in [0, 0.05) is 19.2 Å². The molecule has 0 radical (unpaired) electrons. The van der Waals surface area contributed by atoms with Gasteiger partial charge in [-0.1, -0.05) is 23.4 Å². The van der Waals surface area contributed by atoms with E-state index in [9.17, 15) is 14.4 Å². The number of anilines is 1. The molecule has 0 saturated carbocycles. The Morgan fingerprint density at radius 1 is 1.27 bits per heavy atom. The summed E-state index contributed by atoms with van der Waals surface area (Å²) in [6, 6.07) is 10.8. The Morgan fingerprint density at radius 3 is 2.57 bits per heavy atom. The van der Waals surface area contributed by atoms with Crippen molar-refractivity contribution in [1.82, 2.24) is 4.90 Å².